The number of carbonyl (C=O) groups is 2. The maximum absolute atomic E-state index is 10.5. The van der Waals surface area contributed by atoms with E-state index in [0.717, 1.165) is 11.6 Å². The molecule has 0 bridgehead atoms. The number of pyridine rings is 1. The largest absolute Gasteiger partial charge is 0.478 e. The molecule has 2 aromatic heterocycles. The summed E-state index contributed by atoms with van der Waals surface area (Å²) in [4.78, 5) is 28.4. The minimum Gasteiger partial charge on any atom is -0.478 e. The van der Waals surface area contributed by atoms with E-state index in [2.05, 4.69) is 35.1 Å². The second-order valence-electron chi connectivity index (χ2n) is 6.84. The smallest absolute Gasteiger partial charge is 0.335 e. The van der Waals surface area contributed by atoms with Gasteiger partial charge in [-0.15, -0.1) is 0 Å². The van der Waals surface area contributed by atoms with Crippen LogP contribution in [0.1, 0.15) is 45.3 Å². The molecule has 0 spiro atoms. The molecule has 4 aromatic rings. The van der Waals surface area contributed by atoms with Gasteiger partial charge in [-0.25, -0.2) is 9.59 Å². The van der Waals surface area contributed by atoms with Gasteiger partial charge in [0.2, 0.25) is 0 Å². The second kappa shape index (κ2) is 11.9. The molecule has 0 saturated carbocycles. The van der Waals surface area contributed by atoms with E-state index >= 15 is 0 Å². The summed E-state index contributed by atoms with van der Waals surface area (Å²) in [7, 11) is 0. The number of aryl methyl sites for hydroxylation is 2. The molecule has 0 unspecified atom stereocenters. The second-order valence-corrected chi connectivity index (χ2v) is 6.84. The lowest BCUT2D eigenvalue weighted by atomic mass is 10.1. The lowest BCUT2D eigenvalue weighted by Gasteiger charge is -1.99. The predicted octanol–water partition coefficient (Wildman–Crippen LogP) is 5.59. The zero-order valence-corrected chi connectivity index (χ0v) is 17.6. The SMILES string of the molecule is CCCc1ccc[nH]1.Cc1cc(C(=O)O)cc(C(=O)O)c1.c1ccc2ncccc2c1. The van der Waals surface area contributed by atoms with E-state index in [4.69, 9.17) is 10.2 Å². The third kappa shape index (κ3) is 7.78. The van der Waals surface area contributed by atoms with Gasteiger partial charge in [0, 0.05) is 23.5 Å². The third-order valence-corrected chi connectivity index (χ3v) is 4.27. The molecule has 0 aliphatic rings. The van der Waals surface area contributed by atoms with Crippen LogP contribution in [0.3, 0.4) is 0 Å². The number of carboxylic acids is 2. The summed E-state index contributed by atoms with van der Waals surface area (Å²) in [6.07, 6.45) is 6.17. The molecule has 0 aliphatic carbocycles. The maximum atomic E-state index is 10.5. The Hall–Kier alpha value is -3.93. The summed E-state index contributed by atoms with van der Waals surface area (Å²) in [5, 5.41) is 18.4. The van der Waals surface area contributed by atoms with Crippen LogP contribution in [0.2, 0.25) is 0 Å². The van der Waals surface area contributed by atoms with Crippen molar-refractivity contribution in [2.45, 2.75) is 26.7 Å². The molecule has 0 amide bonds. The van der Waals surface area contributed by atoms with Crippen molar-refractivity contribution in [1.29, 1.82) is 0 Å². The fourth-order valence-corrected chi connectivity index (χ4v) is 2.84. The summed E-state index contributed by atoms with van der Waals surface area (Å²) in [5.74, 6) is -2.24. The van der Waals surface area contributed by atoms with E-state index in [9.17, 15) is 9.59 Å². The lowest BCUT2D eigenvalue weighted by Crippen LogP contribution is -2.02. The summed E-state index contributed by atoms with van der Waals surface area (Å²) in [6.45, 7) is 3.83. The average molecular weight is 418 g/mol. The molecule has 6 nitrogen and oxygen atoms in total. The van der Waals surface area contributed by atoms with Crippen molar-refractivity contribution in [3.8, 4) is 0 Å². The number of rotatable bonds is 4. The van der Waals surface area contributed by atoms with Gasteiger partial charge in [0.25, 0.3) is 0 Å². The number of fused-ring (bicyclic) bond motifs is 1. The molecule has 31 heavy (non-hydrogen) atoms. The van der Waals surface area contributed by atoms with E-state index < -0.39 is 11.9 Å². The van der Waals surface area contributed by atoms with Gasteiger partial charge in [-0.05, 0) is 61.4 Å². The molecule has 2 aromatic carbocycles. The Balaban J connectivity index is 0.000000170. The summed E-state index contributed by atoms with van der Waals surface area (Å²) in [5.41, 5.74) is 3.02. The molecule has 2 heterocycles. The van der Waals surface area contributed by atoms with Gasteiger partial charge in [0.15, 0.2) is 0 Å². The number of H-pyrrole nitrogens is 1. The highest BCUT2D eigenvalue weighted by Crippen LogP contribution is 2.10. The Morgan fingerprint density at radius 2 is 1.55 bits per heavy atom. The molecule has 0 atom stereocenters. The number of aromatic nitrogens is 2. The van der Waals surface area contributed by atoms with Crippen LogP contribution in [0.25, 0.3) is 10.9 Å². The van der Waals surface area contributed by atoms with Crippen LogP contribution >= 0.6 is 0 Å². The molecular weight excluding hydrogens is 392 g/mol. The van der Waals surface area contributed by atoms with E-state index in [-0.39, 0.29) is 11.1 Å². The molecule has 0 fully saturated rings. The zero-order valence-electron chi connectivity index (χ0n) is 17.6. The number of nitrogens with zero attached hydrogens (tertiary/aromatic N) is 1. The van der Waals surface area contributed by atoms with Crippen molar-refractivity contribution in [2.75, 3.05) is 0 Å². The molecule has 0 radical (unpaired) electrons. The molecular formula is C25H26N2O4. The van der Waals surface area contributed by atoms with Gasteiger partial charge >= 0.3 is 11.9 Å². The number of aromatic carboxylic acids is 2. The molecule has 6 heteroatoms. The number of hydrogen-bond donors (Lipinski definition) is 3. The number of nitrogens with one attached hydrogen (secondary N) is 1. The monoisotopic (exact) mass is 418 g/mol. The Morgan fingerprint density at radius 3 is 2.10 bits per heavy atom. The van der Waals surface area contributed by atoms with Crippen LogP contribution in [0.5, 0.6) is 0 Å². The Bertz CT molecular complexity index is 1020. The van der Waals surface area contributed by atoms with Crippen molar-refractivity contribution < 1.29 is 19.8 Å². The van der Waals surface area contributed by atoms with Gasteiger partial charge in [-0.2, -0.15) is 0 Å². The fraction of sp³-hybridized carbons (Fsp3) is 0.160. The Kier molecular flexibility index (Phi) is 8.98. The molecule has 4 rings (SSSR count). The van der Waals surface area contributed by atoms with Crippen molar-refractivity contribution in [3.05, 3.63) is 102 Å². The number of carboxylic acid groups (broad SMARTS) is 2. The van der Waals surface area contributed by atoms with E-state index in [1.807, 2.05) is 42.7 Å². The standard InChI is InChI=1S/C9H7N.C9H8O4.C7H11N/c1-2-6-9-8(4-1)5-3-7-10-9;1-5-2-6(8(10)11)4-7(3-5)9(12)13;1-2-4-7-5-3-6-8-7/h1-7H;2-4H,1H3,(H,10,11)(H,12,13);3,5-6,8H,2,4H2,1H3. The zero-order chi connectivity index (χ0) is 22.6. The van der Waals surface area contributed by atoms with Crippen LogP contribution in [-0.4, -0.2) is 32.1 Å². The predicted molar refractivity (Wildman–Crippen MR) is 122 cm³/mol. The first-order valence-corrected chi connectivity index (χ1v) is 9.91. The van der Waals surface area contributed by atoms with Crippen LogP contribution in [0, 0.1) is 6.92 Å². The minimum absolute atomic E-state index is 0.00241. The Morgan fingerprint density at radius 1 is 0.903 bits per heavy atom. The molecule has 160 valence electrons. The molecule has 0 saturated heterocycles. The first kappa shape index (κ1) is 23.3. The first-order chi connectivity index (χ1) is 14.9. The number of para-hydroxylation sites is 1. The van der Waals surface area contributed by atoms with Gasteiger partial charge in [0.1, 0.15) is 0 Å². The van der Waals surface area contributed by atoms with Gasteiger partial charge in [-0.1, -0.05) is 37.6 Å². The first-order valence-electron chi connectivity index (χ1n) is 9.91. The van der Waals surface area contributed by atoms with Crippen molar-refractivity contribution >= 4 is 22.8 Å². The minimum atomic E-state index is -1.12. The molecule has 3 N–H and O–H groups in total. The highest BCUT2D eigenvalue weighted by atomic mass is 16.4. The highest BCUT2D eigenvalue weighted by Gasteiger charge is 2.09. The van der Waals surface area contributed by atoms with E-state index in [0.29, 0.717) is 5.56 Å². The fourth-order valence-electron chi connectivity index (χ4n) is 2.84. The van der Waals surface area contributed by atoms with Crippen LogP contribution < -0.4 is 0 Å². The highest BCUT2D eigenvalue weighted by molar-refractivity contribution is 5.94. The summed E-state index contributed by atoms with van der Waals surface area (Å²) >= 11 is 0. The number of benzene rings is 2. The lowest BCUT2D eigenvalue weighted by molar-refractivity contribution is 0.0696. The van der Waals surface area contributed by atoms with E-state index in [1.165, 1.54) is 36.1 Å². The van der Waals surface area contributed by atoms with Gasteiger partial charge in [-0.3, -0.25) is 4.98 Å². The van der Waals surface area contributed by atoms with Crippen molar-refractivity contribution in [3.63, 3.8) is 0 Å². The number of hydrogen-bond acceptors (Lipinski definition) is 3. The topological polar surface area (TPSA) is 103 Å². The normalized spacial score (nSPS) is 9.74. The van der Waals surface area contributed by atoms with Crippen LogP contribution in [-0.2, 0) is 6.42 Å². The maximum Gasteiger partial charge on any atom is 0.335 e. The van der Waals surface area contributed by atoms with Crippen LogP contribution in [0.15, 0.2) is 79.1 Å². The van der Waals surface area contributed by atoms with Crippen molar-refractivity contribution in [1.82, 2.24) is 9.97 Å². The quantitative estimate of drug-likeness (QED) is 0.401. The van der Waals surface area contributed by atoms with Gasteiger partial charge in [0.05, 0.1) is 16.6 Å². The third-order valence-electron chi connectivity index (χ3n) is 4.27. The summed E-state index contributed by atoms with van der Waals surface area (Å²) in [6, 6.07) is 20.2. The summed E-state index contributed by atoms with van der Waals surface area (Å²) < 4.78 is 0. The Labute approximate surface area is 181 Å². The average Bonchev–Trinajstić information content (AvgIpc) is 3.28. The van der Waals surface area contributed by atoms with Gasteiger partial charge < -0.3 is 15.2 Å². The van der Waals surface area contributed by atoms with Crippen LogP contribution in [0.4, 0.5) is 0 Å². The van der Waals surface area contributed by atoms with Crippen molar-refractivity contribution in [2.24, 2.45) is 0 Å². The van der Waals surface area contributed by atoms with E-state index in [1.54, 1.807) is 6.92 Å². The molecule has 0 aliphatic heterocycles. The number of aromatic amines is 1.